The summed E-state index contributed by atoms with van der Waals surface area (Å²) < 4.78 is 0. The molecule has 0 aliphatic rings. The number of hydrogen-bond donors (Lipinski definition) is 6. The van der Waals surface area contributed by atoms with Crippen LogP contribution in [0.2, 0.25) is 0 Å². The van der Waals surface area contributed by atoms with E-state index in [9.17, 15) is 9.59 Å². The number of amides is 2. The summed E-state index contributed by atoms with van der Waals surface area (Å²) in [6.45, 7) is 1.90. The molecule has 8 nitrogen and oxygen atoms in total. The van der Waals surface area contributed by atoms with E-state index in [2.05, 4.69) is 10.6 Å². The minimum atomic E-state index is -0.857. The van der Waals surface area contributed by atoms with Gasteiger partial charge in [-0.3, -0.25) is 20.4 Å². The first-order valence-electron chi connectivity index (χ1n) is 8.82. The summed E-state index contributed by atoms with van der Waals surface area (Å²) >= 11 is 0. The van der Waals surface area contributed by atoms with Gasteiger partial charge in [-0.05, 0) is 55.0 Å². The Morgan fingerprint density at radius 1 is 0.821 bits per heavy atom. The van der Waals surface area contributed by atoms with Crippen LogP contribution in [-0.2, 0) is 9.59 Å². The molecule has 2 amide bonds. The van der Waals surface area contributed by atoms with Gasteiger partial charge in [-0.1, -0.05) is 13.3 Å². The van der Waals surface area contributed by atoms with Crippen LogP contribution >= 0.6 is 0 Å². The number of benzene rings is 2. The fraction of sp³-hybridized carbons (Fsp3) is 0.200. The number of anilines is 2. The monoisotopic (exact) mass is 380 g/mol. The van der Waals surface area contributed by atoms with E-state index >= 15 is 0 Å². The molecule has 0 radical (unpaired) electrons. The lowest BCUT2D eigenvalue weighted by atomic mass is 10.0. The average molecular weight is 380 g/mol. The number of hydrogen-bond acceptors (Lipinski definition) is 4. The summed E-state index contributed by atoms with van der Waals surface area (Å²) in [5, 5.41) is 20.2. The molecule has 8 N–H and O–H groups in total. The first-order chi connectivity index (χ1) is 13.3. The van der Waals surface area contributed by atoms with Gasteiger partial charge in [0.05, 0.1) is 0 Å². The highest BCUT2D eigenvalue weighted by Gasteiger charge is 2.26. The lowest BCUT2D eigenvalue weighted by molar-refractivity contribution is -0.129. The summed E-state index contributed by atoms with van der Waals surface area (Å²) in [6.07, 6.45) is 1.06. The van der Waals surface area contributed by atoms with E-state index < -0.39 is 17.7 Å². The van der Waals surface area contributed by atoms with Crippen molar-refractivity contribution < 1.29 is 9.59 Å². The lowest BCUT2D eigenvalue weighted by Gasteiger charge is -2.16. The maximum atomic E-state index is 12.6. The van der Waals surface area contributed by atoms with Crippen LogP contribution in [0, 0.1) is 16.7 Å². The van der Waals surface area contributed by atoms with Crippen LogP contribution in [0.5, 0.6) is 0 Å². The second-order valence-corrected chi connectivity index (χ2v) is 6.30. The molecule has 2 rings (SSSR count). The Kier molecular flexibility index (Phi) is 6.86. The Morgan fingerprint density at radius 2 is 1.18 bits per heavy atom. The van der Waals surface area contributed by atoms with Crippen LogP contribution in [0.1, 0.15) is 30.9 Å². The maximum Gasteiger partial charge on any atom is 0.236 e. The quantitative estimate of drug-likeness (QED) is 0.236. The molecule has 0 spiro atoms. The summed E-state index contributed by atoms with van der Waals surface area (Å²) in [7, 11) is 0. The van der Waals surface area contributed by atoms with E-state index in [-0.39, 0.29) is 11.7 Å². The van der Waals surface area contributed by atoms with Gasteiger partial charge in [0, 0.05) is 22.5 Å². The van der Waals surface area contributed by atoms with Gasteiger partial charge in [-0.25, -0.2) is 0 Å². The second kappa shape index (κ2) is 9.31. The van der Waals surface area contributed by atoms with Crippen molar-refractivity contribution in [1.82, 2.24) is 0 Å². The number of carbonyl (C=O) groups excluding carboxylic acids is 2. The molecular formula is C20H24N6O2. The molecule has 0 saturated heterocycles. The van der Waals surface area contributed by atoms with E-state index in [1.165, 1.54) is 0 Å². The standard InChI is InChI=1S/C20H24N6O2/c1-2-3-16(19(27)25-14-8-4-12(5-9-14)17(21)22)20(28)26-15-10-6-13(7-11-15)18(23)24/h4-11,16H,2-3H2,1H3,(H3,21,22)(H3,23,24)(H,25,27)(H,26,28). The SMILES string of the molecule is CCCC(C(=O)Nc1ccc(C(=N)N)cc1)C(=O)Nc1ccc(C(=N)N)cc1. The van der Waals surface area contributed by atoms with Crippen molar-refractivity contribution in [3.8, 4) is 0 Å². The second-order valence-electron chi connectivity index (χ2n) is 6.30. The van der Waals surface area contributed by atoms with Crippen LogP contribution in [0.4, 0.5) is 11.4 Å². The van der Waals surface area contributed by atoms with Crippen molar-refractivity contribution in [2.45, 2.75) is 19.8 Å². The zero-order chi connectivity index (χ0) is 20.7. The number of rotatable bonds is 8. The molecule has 0 heterocycles. The molecule has 8 heteroatoms. The molecule has 0 aliphatic heterocycles. The lowest BCUT2D eigenvalue weighted by Crippen LogP contribution is -2.33. The predicted octanol–water partition coefficient (Wildman–Crippen LogP) is 2.25. The van der Waals surface area contributed by atoms with Crippen molar-refractivity contribution in [3.63, 3.8) is 0 Å². The summed E-state index contributed by atoms with van der Waals surface area (Å²) in [5.41, 5.74) is 13.0. The van der Waals surface area contributed by atoms with Gasteiger partial charge in [0.1, 0.15) is 17.6 Å². The number of nitrogen functional groups attached to an aromatic ring is 2. The predicted molar refractivity (Wildman–Crippen MR) is 111 cm³/mol. The third-order valence-corrected chi connectivity index (χ3v) is 4.14. The van der Waals surface area contributed by atoms with Crippen molar-refractivity contribution in [1.29, 1.82) is 10.8 Å². The smallest absolute Gasteiger partial charge is 0.236 e. The van der Waals surface area contributed by atoms with Crippen molar-refractivity contribution >= 4 is 34.9 Å². The van der Waals surface area contributed by atoms with E-state index in [1.807, 2.05) is 6.92 Å². The molecule has 0 aromatic heterocycles. The Bertz CT molecular complexity index is 803. The van der Waals surface area contributed by atoms with Crippen molar-refractivity contribution in [3.05, 3.63) is 59.7 Å². The first-order valence-corrected chi connectivity index (χ1v) is 8.82. The highest BCUT2D eigenvalue weighted by Crippen LogP contribution is 2.17. The van der Waals surface area contributed by atoms with Crippen LogP contribution in [0.15, 0.2) is 48.5 Å². The molecule has 2 aromatic carbocycles. The Hall–Kier alpha value is -3.68. The highest BCUT2D eigenvalue weighted by molar-refractivity contribution is 6.11. The number of nitrogens with two attached hydrogens (primary N) is 2. The van der Waals surface area contributed by atoms with Gasteiger partial charge in [-0.15, -0.1) is 0 Å². The number of carbonyl (C=O) groups is 2. The number of amidine groups is 2. The van der Waals surface area contributed by atoms with E-state index in [0.29, 0.717) is 35.3 Å². The fourth-order valence-corrected chi connectivity index (χ4v) is 2.59. The normalized spacial score (nSPS) is 11.3. The summed E-state index contributed by atoms with van der Waals surface area (Å²) in [6, 6.07) is 13.1. The van der Waals surface area contributed by atoms with Crippen molar-refractivity contribution in [2.24, 2.45) is 17.4 Å². The average Bonchev–Trinajstić information content (AvgIpc) is 2.66. The zero-order valence-electron chi connectivity index (χ0n) is 15.6. The molecule has 0 saturated carbocycles. The first kappa shape index (κ1) is 20.6. The highest BCUT2D eigenvalue weighted by atomic mass is 16.2. The van der Waals surface area contributed by atoms with Gasteiger partial charge < -0.3 is 22.1 Å². The molecular weight excluding hydrogens is 356 g/mol. The van der Waals surface area contributed by atoms with Crippen molar-refractivity contribution in [2.75, 3.05) is 10.6 Å². The van der Waals surface area contributed by atoms with Crippen LogP contribution in [-0.4, -0.2) is 23.5 Å². The van der Waals surface area contributed by atoms with E-state index in [0.717, 1.165) is 0 Å². The topological polar surface area (TPSA) is 158 Å². The maximum absolute atomic E-state index is 12.6. The fourth-order valence-electron chi connectivity index (χ4n) is 2.59. The van der Waals surface area contributed by atoms with Crippen LogP contribution in [0.3, 0.4) is 0 Å². The van der Waals surface area contributed by atoms with Crippen LogP contribution in [0.25, 0.3) is 0 Å². The molecule has 2 aromatic rings. The van der Waals surface area contributed by atoms with Gasteiger partial charge in [0.2, 0.25) is 11.8 Å². The zero-order valence-corrected chi connectivity index (χ0v) is 15.6. The Balaban J connectivity index is 2.07. The molecule has 146 valence electrons. The Morgan fingerprint density at radius 3 is 1.46 bits per heavy atom. The summed E-state index contributed by atoms with van der Waals surface area (Å²) in [4.78, 5) is 25.2. The minimum Gasteiger partial charge on any atom is -0.384 e. The molecule has 0 aliphatic carbocycles. The van der Waals surface area contributed by atoms with E-state index in [1.54, 1.807) is 48.5 Å². The van der Waals surface area contributed by atoms with Gasteiger partial charge in [0.15, 0.2) is 0 Å². The molecule has 0 bridgehead atoms. The number of nitrogens with one attached hydrogen (secondary N) is 4. The van der Waals surface area contributed by atoms with Gasteiger partial charge in [-0.2, -0.15) is 0 Å². The van der Waals surface area contributed by atoms with Crippen LogP contribution < -0.4 is 22.1 Å². The molecule has 0 unspecified atom stereocenters. The van der Waals surface area contributed by atoms with E-state index in [4.69, 9.17) is 22.3 Å². The third kappa shape index (κ3) is 5.41. The summed E-state index contributed by atoms with van der Waals surface area (Å²) in [5.74, 6) is -1.79. The van der Waals surface area contributed by atoms with Gasteiger partial charge >= 0.3 is 0 Å². The molecule has 28 heavy (non-hydrogen) atoms. The Labute approximate surface area is 163 Å². The molecule has 0 fully saturated rings. The van der Waals surface area contributed by atoms with Gasteiger partial charge in [0.25, 0.3) is 0 Å². The third-order valence-electron chi connectivity index (χ3n) is 4.14. The molecule has 0 atom stereocenters. The largest absolute Gasteiger partial charge is 0.384 e. The minimum absolute atomic E-state index is 0.0584.